The Bertz CT molecular complexity index is 246. The van der Waals surface area contributed by atoms with E-state index in [9.17, 15) is 0 Å². The van der Waals surface area contributed by atoms with Crippen LogP contribution in [-0.2, 0) is 4.74 Å². The Morgan fingerprint density at radius 1 is 1.19 bits per heavy atom. The van der Waals surface area contributed by atoms with Gasteiger partial charge in [-0.2, -0.15) is 0 Å². The highest BCUT2D eigenvalue weighted by Crippen LogP contribution is 2.25. The Kier molecular flexibility index (Phi) is 3.18. The lowest BCUT2D eigenvalue weighted by Crippen LogP contribution is -2.51. The summed E-state index contributed by atoms with van der Waals surface area (Å²) >= 11 is 0. The van der Waals surface area contributed by atoms with Crippen molar-refractivity contribution in [2.24, 2.45) is 5.92 Å². The highest BCUT2D eigenvalue weighted by Gasteiger charge is 2.33. The number of rotatable bonds is 2. The van der Waals surface area contributed by atoms with E-state index >= 15 is 0 Å². The van der Waals surface area contributed by atoms with Crippen LogP contribution in [0.25, 0.3) is 0 Å². The van der Waals surface area contributed by atoms with Crippen LogP contribution >= 0.6 is 0 Å². The lowest BCUT2D eigenvalue weighted by Gasteiger charge is -2.38. The van der Waals surface area contributed by atoms with Gasteiger partial charge in [0, 0.05) is 38.8 Å². The van der Waals surface area contributed by atoms with Gasteiger partial charge in [-0.1, -0.05) is 0 Å². The number of nitrogens with zero attached hydrogens (tertiary/aromatic N) is 2. The molecular weight excluding hydrogens is 200 g/mol. The SMILES string of the molecule is CC1OCCC1CN1CCN2CCCC2C1. The van der Waals surface area contributed by atoms with E-state index in [2.05, 4.69) is 16.7 Å². The molecule has 3 fully saturated rings. The summed E-state index contributed by atoms with van der Waals surface area (Å²) in [6, 6.07) is 0.867. The second-order valence-corrected chi connectivity index (χ2v) is 5.72. The van der Waals surface area contributed by atoms with Crippen LogP contribution in [0.5, 0.6) is 0 Å². The van der Waals surface area contributed by atoms with Gasteiger partial charge in [0.2, 0.25) is 0 Å². The average Bonchev–Trinajstić information content (AvgIpc) is 2.88. The Labute approximate surface area is 98.7 Å². The van der Waals surface area contributed by atoms with Crippen LogP contribution < -0.4 is 0 Å². The van der Waals surface area contributed by atoms with Gasteiger partial charge in [-0.15, -0.1) is 0 Å². The van der Waals surface area contributed by atoms with Crippen molar-refractivity contribution < 1.29 is 4.74 Å². The van der Waals surface area contributed by atoms with Gasteiger partial charge in [0.25, 0.3) is 0 Å². The monoisotopic (exact) mass is 224 g/mol. The molecule has 3 saturated heterocycles. The van der Waals surface area contributed by atoms with Crippen molar-refractivity contribution in [3.8, 4) is 0 Å². The molecule has 0 bridgehead atoms. The third-order valence-corrected chi connectivity index (χ3v) is 4.70. The van der Waals surface area contributed by atoms with Crippen molar-refractivity contribution in [1.29, 1.82) is 0 Å². The largest absolute Gasteiger partial charge is 0.378 e. The molecule has 3 heteroatoms. The highest BCUT2D eigenvalue weighted by atomic mass is 16.5. The molecule has 3 aliphatic heterocycles. The predicted molar refractivity (Wildman–Crippen MR) is 64.6 cm³/mol. The molecule has 3 heterocycles. The molecule has 0 radical (unpaired) electrons. The van der Waals surface area contributed by atoms with E-state index in [1.165, 1.54) is 52.0 Å². The fourth-order valence-electron chi connectivity index (χ4n) is 3.57. The molecule has 0 saturated carbocycles. The van der Waals surface area contributed by atoms with Crippen LogP contribution in [0.1, 0.15) is 26.2 Å². The summed E-state index contributed by atoms with van der Waals surface area (Å²) in [4.78, 5) is 5.37. The van der Waals surface area contributed by atoms with E-state index in [1.54, 1.807) is 0 Å². The number of piperazine rings is 1. The molecule has 0 aliphatic carbocycles. The smallest absolute Gasteiger partial charge is 0.0588 e. The van der Waals surface area contributed by atoms with Crippen molar-refractivity contribution in [1.82, 2.24) is 9.80 Å². The maximum Gasteiger partial charge on any atom is 0.0588 e. The van der Waals surface area contributed by atoms with Crippen molar-refractivity contribution in [2.45, 2.75) is 38.3 Å². The van der Waals surface area contributed by atoms with Gasteiger partial charge in [0.05, 0.1) is 6.10 Å². The van der Waals surface area contributed by atoms with Crippen LogP contribution in [0.2, 0.25) is 0 Å². The van der Waals surface area contributed by atoms with Crippen LogP contribution in [-0.4, -0.2) is 61.3 Å². The van der Waals surface area contributed by atoms with Crippen LogP contribution in [0, 0.1) is 5.92 Å². The minimum absolute atomic E-state index is 0.488. The molecule has 0 aromatic carbocycles. The minimum Gasteiger partial charge on any atom is -0.378 e. The van der Waals surface area contributed by atoms with E-state index in [-0.39, 0.29) is 0 Å². The molecule has 3 rings (SSSR count). The summed E-state index contributed by atoms with van der Waals surface area (Å²) in [6.45, 7) is 9.72. The molecule has 16 heavy (non-hydrogen) atoms. The predicted octanol–water partition coefficient (Wildman–Crippen LogP) is 1.19. The number of hydrogen-bond acceptors (Lipinski definition) is 3. The van der Waals surface area contributed by atoms with Crippen molar-refractivity contribution in [3.05, 3.63) is 0 Å². The standard InChI is InChI=1S/C13H24N2O/c1-11-12(4-8-16-11)9-14-6-7-15-5-2-3-13(15)10-14/h11-13H,2-10H2,1H3. The highest BCUT2D eigenvalue weighted by molar-refractivity contribution is 4.88. The second-order valence-electron chi connectivity index (χ2n) is 5.72. The molecule has 0 spiro atoms. The summed E-state index contributed by atoms with van der Waals surface area (Å²) in [5.41, 5.74) is 0. The number of ether oxygens (including phenoxy) is 1. The molecule has 0 amide bonds. The maximum atomic E-state index is 5.66. The molecular formula is C13H24N2O. The van der Waals surface area contributed by atoms with Crippen LogP contribution in [0.4, 0.5) is 0 Å². The summed E-state index contributed by atoms with van der Waals surface area (Å²) in [5, 5.41) is 0. The zero-order valence-corrected chi connectivity index (χ0v) is 10.4. The van der Waals surface area contributed by atoms with Crippen LogP contribution in [0.15, 0.2) is 0 Å². The van der Waals surface area contributed by atoms with Gasteiger partial charge in [0.1, 0.15) is 0 Å². The topological polar surface area (TPSA) is 15.7 Å². The van der Waals surface area contributed by atoms with Gasteiger partial charge in [-0.05, 0) is 38.6 Å². The first-order valence-electron chi connectivity index (χ1n) is 6.91. The first-order chi connectivity index (χ1) is 7.83. The fourth-order valence-corrected chi connectivity index (χ4v) is 3.57. The van der Waals surface area contributed by atoms with Crippen molar-refractivity contribution in [3.63, 3.8) is 0 Å². The second kappa shape index (κ2) is 4.63. The number of hydrogen-bond donors (Lipinski definition) is 0. The lowest BCUT2D eigenvalue weighted by molar-refractivity contribution is 0.0640. The molecule has 3 unspecified atom stereocenters. The first-order valence-corrected chi connectivity index (χ1v) is 6.91. The normalized spacial score (nSPS) is 41.4. The van der Waals surface area contributed by atoms with E-state index in [0.29, 0.717) is 6.10 Å². The number of fused-ring (bicyclic) bond motifs is 1. The van der Waals surface area contributed by atoms with E-state index in [1.807, 2.05) is 0 Å². The summed E-state index contributed by atoms with van der Waals surface area (Å²) in [5.74, 6) is 0.785. The third kappa shape index (κ3) is 2.13. The Balaban J connectivity index is 1.52. The van der Waals surface area contributed by atoms with Gasteiger partial charge in [-0.25, -0.2) is 0 Å². The molecule has 3 atom stereocenters. The molecule has 0 N–H and O–H groups in total. The van der Waals surface area contributed by atoms with E-state index in [0.717, 1.165) is 18.6 Å². The van der Waals surface area contributed by atoms with E-state index < -0.39 is 0 Å². The first kappa shape index (κ1) is 11.0. The van der Waals surface area contributed by atoms with Gasteiger partial charge >= 0.3 is 0 Å². The Morgan fingerprint density at radius 3 is 2.94 bits per heavy atom. The van der Waals surface area contributed by atoms with Crippen molar-refractivity contribution in [2.75, 3.05) is 39.3 Å². The Morgan fingerprint density at radius 2 is 2.12 bits per heavy atom. The van der Waals surface area contributed by atoms with Gasteiger partial charge in [0.15, 0.2) is 0 Å². The zero-order valence-electron chi connectivity index (χ0n) is 10.4. The summed E-state index contributed by atoms with van der Waals surface area (Å²) in [6.07, 6.45) is 4.60. The third-order valence-electron chi connectivity index (χ3n) is 4.70. The molecule has 3 nitrogen and oxygen atoms in total. The Hall–Kier alpha value is -0.120. The van der Waals surface area contributed by atoms with E-state index in [4.69, 9.17) is 4.74 Å². The average molecular weight is 224 g/mol. The summed E-state index contributed by atoms with van der Waals surface area (Å²) < 4.78 is 5.66. The molecule has 3 aliphatic rings. The lowest BCUT2D eigenvalue weighted by atomic mass is 10.0. The maximum absolute atomic E-state index is 5.66. The minimum atomic E-state index is 0.488. The zero-order chi connectivity index (χ0) is 11.0. The van der Waals surface area contributed by atoms with Gasteiger partial charge in [-0.3, -0.25) is 4.90 Å². The molecule has 0 aromatic heterocycles. The van der Waals surface area contributed by atoms with Crippen LogP contribution in [0.3, 0.4) is 0 Å². The fraction of sp³-hybridized carbons (Fsp3) is 1.00. The molecule has 0 aromatic rings. The van der Waals surface area contributed by atoms with Crippen molar-refractivity contribution >= 4 is 0 Å². The van der Waals surface area contributed by atoms with Gasteiger partial charge < -0.3 is 9.64 Å². The summed E-state index contributed by atoms with van der Waals surface area (Å²) in [7, 11) is 0. The quantitative estimate of drug-likeness (QED) is 0.701. The molecule has 92 valence electrons.